The average Bonchev–Trinajstić information content (AvgIpc) is 2.95. The third-order valence-electron chi connectivity index (χ3n) is 3.77. The Balaban J connectivity index is 1.91. The number of nitrogens with zero attached hydrogens (tertiary/aromatic N) is 1. The Kier molecular flexibility index (Phi) is 3.34. The number of sulfone groups is 1. The van der Waals surface area contributed by atoms with E-state index in [4.69, 9.17) is 0 Å². The minimum absolute atomic E-state index is 0.470. The van der Waals surface area contributed by atoms with Gasteiger partial charge in [0.2, 0.25) is 0 Å². The number of aliphatic imine (C=N–C) groups is 1. The molecule has 2 N–H and O–H groups in total. The smallest absolute Gasteiger partial charge is 0.191 e. The molecule has 0 aromatic heterocycles. The van der Waals surface area contributed by atoms with E-state index in [-0.39, 0.29) is 0 Å². The lowest BCUT2D eigenvalue weighted by molar-refractivity contribution is 0.336. The molecule has 0 amide bonds. The maximum Gasteiger partial charge on any atom is 0.191 e. The summed E-state index contributed by atoms with van der Waals surface area (Å²) in [5.74, 6) is 0.724. The van der Waals surface area contributed by atoms with Gasteiger partial charge in [-0.3, -0.25) is 4.99 Å². The molecule has 2 saturated carbocycles. The van der Waals surface area contributed by atoms with Gasteiger partial charge in [0.15, 0.2) is 15.8 Å². The first-order valence-corrected chi connectivity index (χ1v) is 8.03. The fraction of sp³-hybridized carbons (Fsp3) is 0.909. The summed E-state index contributed by atoms with van der Waals surface area (Å²) in [5, 5.41) is 6.41. The topological polar surface area (TPSA) is 70.6 Å². The minimum atomic E-state index is -2.99. The number of rotatable bonds is 4. The lowest BCUT2D eigenvalue weighted by Gasteiger charge is -2.40. The van der Waals surface area contributed by atoms with Gasteiger partial charge in [-0.15, -0.1) is 0 Å². The van der Waals surface area contributed by atoms with E-state index in [0.717, 1.165) is 25.2 Å². The highest BCUT2D eigenvalue weighted by Crippen LogP contribution is 2.38. The van der Waals surface area contributed by atoms with E-state index in [1.807, 2.05) is 0 Å². The molecule has 98 valence electrons. The molecule has 2 aliphatic carbocycles. The van der Waals surface area contributed by atoms with Crippen LogP contribution in [0.5, 0.6) is 0 Å². The van der Waals surface area contributed by atoms with Gasteiger partial charge in [-0.05, 0) is 25.7 Å². The molecule has 0 atom stereocenters. The van der Waals surface area contributed by atoms with Gasteiger partial charge in [0.05, 0.1) is 4.75 Å². The summed E-state index contributed by atoms with van der Waals surface area (Å²) in [5.41, 5.74) is 0. The summed E-state index contributed by atoms with van der Waals surface area (Å²) in [6.07, 6.45) is 6.22. The van der Waals surface area contributed by atoms with Crippen LogP contribution in [0.4, 0.5) is 0 Å². The molecule has 0 unspecified atom stereocenters. The van der Waals surface area contributed by atoms with Crippen LogP contribution in [0.15, 0.2) is 4.99 Å². The molecule has 6 heteroatoms. The highest BCUT2D eigenvalue weighted by molar-refractivity contribution is 7.92. The summed E-state index contributed by atoms with van der Waals surface area (Å²) < 4.78 is 23.0. The van der Waals surface area contributed by atoms with Crippen molar-refractivity contribution in [3.63, 3.8) is 0 Å². The van der Waals surface area contributed by atoms with Gasteiger partial charge < -0.3 is 10.6 Å². The maximum absolute atomic E-state index is 11.8. The first kappa shape index (κ1) is 12.7. The van der Waals surface area contributed by atoms with E-state index in [1.165, 1.54) is 19.1 Å². The summed E-state index contributed by atoms with van der Waals surface area (Å²) in [6.45, 7) is 0.470. The van der Waals surface area contributed by atoms with Crippen LogP contribution >= 0.6 is 0 Å². The summed E-state index contributed by atoms with van der Waals surface area (Å²) in [4.78, 5) is 4.11. The second-order valence-corrected chi connectivity index (χ2v) is 7.56. The standard InChI is InChI=1S/C11H21N3O2S/c1-12-10(14-9-4-5-9)13-8-11(6-3-7-11)17(2,15)16/h9H,3-8H2,1-2H3,(H2,12,13,14). The second kappa shape index (κ2) is 4.48. The predicted octanol–water partition coefficient (Wildman–Crippen LogP) is 0.281. The lowest BCUT2D eigenvalue weighted by atomic mass is 9.84. The van der Waals surface area contributed by atoms with Gasteiger partial charge in [0, 0.05) is 25.9 Å². The van der Waals surface area contributed by atoms with Gasteiger partial charge in [-0.1, -0.05) is 6.42 Å². The maximum atomic E-state index is 11.8. The van der Waals surface area contributed by atoms with Gasteiger partial charge >= 0.3 is 0 Å². The molecule has 0 heterocycles. The number of hydrogen-bond acceptors (Lipinski definition) is 3. The van der Waals surface area contributed by atoms with Crippen molar-refractivity contribution in [3.05, 3.63) is 0 Å². The van der Waals surface area contributed by atoms with Crippen LogP contribution < -0.4 is 10.6 Å². The molecule has 2 aliphatic rings. The molecule has 0 spiro atoms. The predicted molar refractivity (Wildman–Crippen MR) is 68.9 cm³/mol. The Labute approximate surface area is 103 Å². The fourth-order valence-corrected chi connectivity index (χ4v) is 3.47. The monoisotopic (exact) mass is 259 g/mol. The van der Waals surface area contributed by atoms with Gasteiger partial charge in [0.1, 0.15) is 0 Å². The average molecular weight is 259 g/mol. The van der Waals surface area contributed by atoms with Crippen LogP contribution in [0.2, 0.25) is 0 Å². The molecule has 0 aromatic carbocycles. The van der Waals surface area contributed by atoms with Crippen LogP contribution in [0.3, 0.4) is 0 Å². The lowest BCUT2D eigenvalue weighted by Crippen LogP contribution is -2.55. The van der Waals surface area contributed by atoms with Crippen LogP contribution in [0.25, 0.3) is 0 Å². The van der Waals surface area contributed by atoms with Crippen molar-refractivity contribution in [1.29, 1.82) is 0 Å². The molecule has 0 saturated heterocycles. The van der Waals surface area contributed by atoms with Crippen LogP contribution in [0, 0.1) is 0 Å². The molecule has 0 aliphatic heterocycles. The normalized spacial score (nSPS) is 24.0. The summed E-state index contributed by atoms with van der Waals surface area (Å²) in [7, 11) is -1.28. The molecule has 0 aromatic rings. The van der Waals surface area contributed by atoms with E-state index in [9.17, 15) is 8.42 Å². The van der Waals surface area contributed by atoms with E-state index in [0.29, 0.717) is 12.6 Å². The van der Waals surface area contributed by atoms with Crippen molar-refractivity contribution in [3.8, 4) is 0 Å². The van der Waals surface area contributed by atoms with Crippen molar-refractivity contribution in [1.82, 2.24) is 10.6 Å². The molecule has 5 nitrogen and oxygen atoms in total. The van der Waals surface area contributed by atoms with Gasteiger partial charge in [-0.2, -0.15) is 0 Å². The van der Waals surface area contributed by atoms with E-state index >= 15 is 0 Å². The fourth-order valence-electron chi connectivity index (χ4n) is 2.11. The molecule has 17 heavy (non-hydrogen) atoms. The van der Waals surface area contributed by atoms with Crippen LogP contribution in [-0.4, -0.2) is 45.0 Å². The zero-order chi connectivity index (χ0) is 12.5. The van der Waals surface area contributed by atoms with Gasteiger partial charge in [-0.25, -0.2) is 8.42 Å². The highest BCUT2D eigenvalue weighted by Gasteiger charge is 2.46. The number of hydrogen-bond donors (Lipinski definition) is 2. The van der Waals surface area contributed by atoms with Crippen molar-refractivity contribution in [2.24, 2.45) is 4.99 Å². The Morgan fingerprint density at radius 2 is 2.06 bits per heavy atom. The number of nitrogens with one attached hydrogen (secondary N) is 2. The van der Waals surface area contributed by atoms with Crippen molar-refractivity contribution >= 4 is 15.8 Å². The van der Waals surface area contributed by atoms with E-state index in [2.05, 4.69) is 15.6 Å². The van der Waals surface area contributed by atoms with E-state index in [1.54, 1.807) is 7.05 Å². The first-order valence-electron chi connectivity index (χ1n) is 6.14. The molecular weight excluding hydrogens is 238 g/mol. The third-order valence-corrected chi connectivity index (χ3v) is 5.90. The SMILES string of the molecule is CN=C(NCC1(S(C)(=O)=O)CCC1)NC1CC1. The van der Waals surface area contributed by atoms with Gasteiger partial charge in [0.25, 0.3) is 0 Å². The molecule has 2 rings (SSSR count). The molecule has 2 fully saturated rings. The molecular formula is C11H21N3O2S. The van der Waals surface area contributed by atoms with Crippen molar-refractivity contribution in [2.45, 2.75) is 42.9 Å². The second-order valence-electron chi connectivity index (χ2n) is 5.15. The third kappa shape index (κ3) is 2.73. The molecule has 0 radical (unpaired) electrons. The first-order chi connectivity index (χ1) is 7.97. The Hall–Kier alpha value is -0.780. The zero-order valence-corrected chi connectivity index (χ0v) is 11.3. The summed E-state index contributed by atoms with van der Waals surface area (Å²) in [6, 6.07) is 0.525. The quantitative estimate of drug-likeness (QED) is 0.562. The molecule has 0 bridgehead atoms. The summed E-state index contributed by atoms with van der Waals surface area (Å²) >= 11 is 0. The largest absolute Gasteiger partial charge is 0.355 e. The Morgan fingerprint density at radius 1 is 1.41 bits per heavy atom. The van der Waals surface area contributed by atoms with Crippen molar-refractivity contribution < 1.29 is 8.42 Å². The number of guanidine groups is 1. The Bertz CT molecular complexity index is 408. The zero-order valence-electron chi connectivity index (χ0n) is 10.5. The van der Waals surface area contributed by atoms with E-state index < -0.39 is 14.6 Å². The minimum Gasteiger partial charge on any atom is -0.355 e. The van der Waals surface area contributed by atoms with Crippen molar-refractivity contribution in [2.75, 3.05) is 19.8 Å². The Morgan fingerprint density at radius 3 is 2.41 bits per heavy atom. The van der Waals surface area contributed by atoms with Crippen LogP contribution in [0.1, 0.15) is 32.1 Å². The highest BCUT2D eigenvalue weighted by atomic mass is 32.2. The van der Waals surface area contributed by atoms with Crippen LogP contribution in [-0.2, 0) is 9.84 Å².